The van der Waals surface area contributed by atoms with Gasteiger partial charge < -0.3 is 28.8 Å². The van der Waals surface area contributed by atoms with Crippen molar-refractivity contribution in [3.05, 3.63) is 87.7 Å². The summed E-state index contributed by atoms with van der Waals surface area (Å²) in [5.41, 5.74) is 1.84. The molecule has 2 aromatic heterocycles. The predicted octanol–water partition coefficient (Wildman–Crippen LogP) is 4.79. The summed E-state index contributed by atoms with van der Waals surface area (Å²) in [7, 11) is 6.37. The van der Waals surface area contributed by atoms with Crippen LogP contribution in [0.1, 0.15) is 16.7 Å². The number of halogens is 1. The number of aromatic nitrogens is 1. The van der Waals surface area contributed by atoms with Gasteiger partial charge in [-0.25, -0.2) is 23.7 Å². The van der Waals surface area contributed by atoms with Crippen LogP contribution in [0.3, 0.4) is 0 Å². The van der Waals surface area contributed by atoms with E-state index in [4.69, 9.17) is 13.9 Å². The highest BCUT2D eigenvalue weighted by Gasteiger charge is 2.19. The van der Waals surface area contributed by atoms with E-state index in [0.29, 0.717) is 33.6 Å². The maximum absolute atomic E-state index is 15.3. The maximum atomic E-state index is 15.3. The Morgan fingerprint density at radius 1 is 1.15 bits per heavy atom. The molecule has 0 atom stereocenters. The first-order valence-electron chi connectivity index (χ1n) is 11.9. The number of anilines is 2. The lowest BCUT2D eigenvalue weighted by Crippen LogP contribution is -2.25. The molecule has 0 aliphatic carbocycles. The predicted molar refractivity (Wildman–Crippen MR) is 150 cm³/mol. The van der Waals surface area contributed by atoms with E-state index in [2.05, 4.69) is 19.7 Å². The number of methoxy groups -OCH3 is 1. The van der Waals surface area contributed by atoms with Gasteiger partial charge in [-0.15, -0.1) is 0 Å². The second-order valence-corrected chi connectivity index (χ2v) is 9.39. The first kappa shape index (κ1) is 27.7. The van der Waals surface area contributed by atoms with Gasteiger partial charge in [0.05, 0.1) is 24.7 Å². The standard InChI is InChI=1S/C27H28FN5O5S/c1-29-39-32-22-7-5-6-16(25(22)28)12-20-21(15-30-17-8-11-24(36-4)31-14-17)19-10-9-18(37-27(35)33(2)3)13-23(19)38-26(20)34/h5-11,13-14,29-30,32H,12,15H2,1-4H3. The molecule has 3 N–H and O–H groups in total. The Bertz CT molecular complexity index is 1530. The number of hydrogen-bond acceptors (Lipinski definition) is 10. The molecule has 2 heterocycles. The van der Waals surface area contributed by atoms with Crippen LogP contribution in [0.25, 0.3) is 11.0 Å². The highest BCUT2D eigenvalue weighted by molar-refractivity contribution is 7.98. The smallest absolute Gasteiger partial charge is 0.414 e. The van der Waals surface area contributed by atoms with Crippen molar-refractivity contribution in [1.29, 1.82) is 0 Å². The number of nitrogens with zero attached hydrogens (tertiary/aromatic N) is 2. The van der Waals surface area contributed by atoms with Crippen molar-refractivity contribution in [2.45, 2.75) is 13.0 Å². The molecule has 0 saturated carbocycles. The van der Waals surface area contributed by atoms with E-state index in [1.807, 2.05) is 0 Å². The van der Waals surface area contributed by atoms with E-state index in [0.717, 1.165) is 12.1 Å². The Morgan fingerprint density at radius 2 is 1.97 bits per heavy atom. The topological polar surface area (TPSA) is 118 Å². The van der Waals surface area contributed by atoms with Crippen LogP contribution in [-0.4, -0.2) is 44.2 Å². The molecular weight excluding hydrogens is 525 g/mol. The summed E-state index contributed by atoms with van der Waals surface area (Å²) in [5, 5.41) is 3.88. The minimum Gasteiger partial charge on any atom is -0.481 e. The molecule has 10 nitrogen and oxygen atoms in total. The molecule has 2 aromatic carbocycles. The molecule has 204 valence electrons. The molecule has 0 fully saturated rings. The van der Waals surface area contributed by atoms with Gasteiger partial charge >= 0.3 is 11.7 Å². The molecular formula is C27H28FN5O5S. The molecule has 0 aliphatic heterocycles. The van der Waals surface area contributed by atoms with Crippen LogP contribution in [0.2, 0.25) is 0 Å². The normalized spacial score (nSPS) is 10.8. The van der Waals surface area contributed by atoms with Crippen LogP contribution in [0.4, 0.5) is 20.6 Å². The number of amides is 1. The second-order valence-electron chi connectivity index (χ2n) is 8.57. The number of carbonyl (C=O) groups excluding carboxylic acids is 1. The number of benzene rings is 2. The first-order chi connectivity index (χ1) is 18.8. The summed E-state index contributed by atoms with van der Waals surface area (Å²) in [6, 6.07) is 13.3. The third kappa shape index (κ3) is 6.59. The van der Waals surface area contributed by atoms with Crippen molar-refractivity contribution in [1.82, 2.24) is 14.6 Å². The Labute approximate surface area is 228 Å². The number of rotatable bonds is 10. The molecule has 4 rings (SSSR count). The number of hydrogen-bond donors (Lipinski definition) is 3. The number of nitrogens with one attached hydrogen (secondary N) is 3. The minimum atomic E-state index is -0.620. The maximum Gasteiger partial charge on any atom is 0.414 e. The Balaban J connectivity index is 1.76. The number of fused-ring (bicyclic) bond motifs is 1. The molecule has 0 spiro atoms. The summed E-state index contributed by atoms with van der Waals surface area (Å²) in [6.45, 7) is 0.220. The number of carbonyl (C=O) groups is 1. The molecule has 0 radical (unpaired) electrons. The summed E-state index contributed by atoms with van der Waals surface area (Å²) >= 11 is 1.13. The van der Waals surface area contributed by atoms with Crippen molar-refractivity contribution in [2.24, 2.45) is 0 Å². The van der Waals surface area contributed by atoms with Crippen LogP contribution < -0.4 is 29.9 Å². The van der Waals surface area contributed by atoms with Crippen molar-refractivity contribution in [2.75, 3.05) is 38.3 Å². The van der Waals surface area contributed by atoms with Gasteiger partial charge in [-0.3, -0.25) is 0 Å². The fraction of sp³-hybridized carbons (Fsp3) is 0.222. The quantitative estimate of drug-likeness (QED) is 0.187. The number of ether oxygens (including phenoxy) is 2. The van der Waals surface area contributed by atoms with Crippen LogP contribution in [-0.2, 0) is 13.0 Å². The van der Waals surface area contributed by atoms with Crippen molar-refractivity contribution in [3.8, 4) is 11.6 Å². The summed E-state index contributed by atoms with van der Waals surface area (Å²) in [4.78, 5) is 30.8. The molecule has 0 bridgehead atoms. The fourth-order valence-electron chi connectivity index (χ4n) is 3.81. The van der Waals surface area contributed by atoms with E-state index in [1.54, 1.807) is 69.8 Å². The minimum absolute atomic E-state index is 0.000903. The Kier molecular flexibility index (Phi) is 8.89. The fourth-order valence-corrected chi connectivity index (χ4v) is 4.18. The molecule has 0 unspecified atom stereocenters. The number of pyridine rings is 1. The SMILES string of the molecule is CNSNc1cccc(Cc2c(CNc3ccc(OC)nc3)c3ccc(OC(=O)N(C)C)cc3oc2=O)c1F. The molecule has 0 aliphatic rings. The van der Waals surface area contributed by atoms with E-state index in [-0.39, 0.29) is 30.0 Å². The van der Waals surface area contributed by atoms with Gasteiger partial charge in [0.15, 0.2) is 5.82 Å². The third-order valence-electron chi connectivity index (χ3n) is 5.79. The van der Waals surface area contributed by atoms with Gasteiger partial charge in [-0.1, -0.05) is 12.1 Å². The van der Waals surface area contributed by atoms with Gasteiger partial charge in [-0.05, 0) is 42.4 Å². The molecule has 0 saturated heterocycles. The average molecular weight is 554 g/mol. The van der Waals surface area contributed by atoms with Gasteiger partial charge in [0.2, 0.25) is 5.88 Å². The second kappa shape index (κ2) is 12.5. The van der Waals surface area contributed by atoms with Crippen molar-refractivity contribution in [3.63, 3.8) is 0 Å². The summed E-state index contributed by atoms with van der Waals surface area (Å²) in [5.74, 6) is 0.221. The van der Waals surface area contributed by atoms with E-state index in [1.165, 1.54) is 18.1 Å². The highest BCUT2D eigenvalue weighted by Crippen LogP contribution is 2.29. The molecule has 4 aromatic rings. The molecule has 1 amide bonds. The Morgan fingerprint density at radius 3 is 2.67 bits per heavy atom. The van der Waals surface area contributed by atoms with Gasteiger partial charge in [0, 0.05) is 62.3 Å². The monoisotopic (exact) mass is 553 g/mol. The van der Waals surface area contributed by atoms with Gasteiger partial charge in [-0.2, -0.15) is 0 Å². The van der Waals surface area contributed by atoms with Crippen LogP contribution >= 0.6 is 12.1 Å². The lowest BCUT2D eigenvalue weighted by Gasteiger charge is -2.16. The van der Waals surface area contributed by atoms with E-state index < -0.39 is 17.5 Å². The Hall–Kier alpha value is -4.29. The van der Waals surface area contributed by atoms with Crippen molar-refractivity contribution >= 4 is 40.6 Å². The zero-order chi connectivity index (χ0) is 27.9. The van der Waals surface area contributed by atoms with E-state index in [9.17, 15) is 9.59 Å². The van der Waals surface area contributed by atoms with Crippen LogP contribution in [0, 0.1) is 5.82 Å². The van der Waals surface area contributed by atoms with Crippen LogP contribution in [0.5, 0.6) is 11.6 Å². The summed E-state index contributed by atoms with van der Waals surface area (Å²) < 4.78 is 37.1. The van der Waals surface area contributed by atoms with Crippen molar-refractivity contribution < 1.29 is 23.1 Å². The highest BCUT2D eigenvalue weighted by atomic mass is 32.2. The summed E-state index contributed by atoms with van der Waals surface area (Å²) in [6.07, 6.45) is 1.04. The van der Waals surface area contributed by atoms with Gasteiger partial charge in [0.1, 0.15) is 11.3 Å². The average Bonchev–Trinajstić information content (AvgIpc) is 2.93. The first-order valence-corrected chi connectivity index (χ1v) is 12.7. The molecule has 39 heavy (non-hydrogen) atoms. The zero-order valence-electron chi connectivity index (χ0n) is 21.8. The zero-order valence-corrected chi connectivity index (χ0v) is 22.6. The van der Waals surface area contributed by atoms with Gasteiger partial charge in [0.25, 0.3) is 0 Å². The van der Waals surface area contributed by atoms with E-state index >= 15 is 4.39 Å². The lowest BCUT2D eigenvalue weighted by molar-refractivity contribution is 0.172. The van der Waals surface area contributed by atoms with Crippen LogP contribution in [0.15, 0.2) is 63.9 Å². The lowest BCUT2D eigenvalue weighted by atomic mass is 9.97. The molecule has 12 heteroatoms. The largest absolute Gasteiger partial charge is 0.481 e. The third-order valence-corrected chi connectivity index (χ3v) is 6.31.